The van der Waals surface area contributed by atoms with Crippen molar-refractivity contribution >= 4 is 5.97 Å². The first-order valence-electron chi connectivity index (χ1n) is 5.32. The molecule has 2 heterocycles. The van der Waals surface area contributed by atoms with Gasteiger partial charge in [-0.2, -0.15) is 19.6 Å². The Balaban J connectivity index is 1.89. The zero-order chi connectivity index (χ0) is 12.7. The monoisotopic (exact) mass is 245 g/mol. The highest BCUT2D eigenvalue weighted by Crippen LogP contribution is 2.52. The van der Waals surface area contributed by atoms with Crippen LogP contribution in [0.5, 0.6) is 0 Å². The summed E-state index contributed by atoms with van der Waals surface area (Å²) >= 11 is 0. The Morgan fingerprint density at radius 1 is 1.41 bits per heavy atom. The van der Waals surface area contributed by atoms with E-state index in [0.29, 0.717) is 12.0 Å². The first-order chi connectivity index (χ1) is 7.95. The van der Waals surface area contributed by atoms with E-state index in [-0.39, 0.29) is 0 Å². The molecule has 1 unspecified atom stereocenters. The summed E-state index contributed by atoms with van der Waals surface area (Å²) in [6, 6.07) is 0. The molecule has 7 nitrogen and oxygen atoms in total. The van der Waals surface area contributed by atoms with Crippen molar-refractivity contribution in [3.05, 3.63) is 12.2 Å². The molecule has 0 aromatic rings. The van der Waals surface area contributed by atoms with Crippen molar-refractivity contribution in [3.8, 4) is 0 Å². The van der Waals surface area contributed by atoms with E-state index in [1.807, 2.05) is 6.92 Å². The number of hydrogen-bond donors (Lipinski definition) is 1. The predicted octanol–water partition coefficient (Wildman–Crippen LogP) is 0.725. The summed E-state index contributed by atoms with van der Waals surface area (Å²) < 4.78 is 5.03. The van der Waals surface area contributed by atoms with Crippen molar-refractivity contribution in [1.82, 2.24) is 5.32 Å². The lowest BCUT2D eigenvalue weighted by molar-refractivity contribution is -0.146. The molecule has 2 aliphatic rings. The van der Waals surface area contributed by atoms with Crippen LogP contribution in [0.25, 0.3) is 0 Å². The van der Waals surface area contributed by atoms with Gasteiger partial charge in [0.2, 0.25) is 0 Å². The smallest absolute Gasteiger partial charge is 0.349 e. The average Bonchev–Trinajstić information content (AvgIpc) is 3.11. The van der Waals surface area contributed by atoms with Crippen LogP contribution in [0.4, 0.5) is 0 Å². The van der Waals surface area contributed by atoms with Gasteiger partial charge in [0.05, 0.1) is 0 Å². The molecule has 0 aromatic heterocycles. The van der Waals surface area contributed by atoms with Crippen molar-refractivity contribution < 1.29 is 29.1 Å². The molecule has 0 aliphatic carbocycles. The summed E-state index contributed by atoms with van der Waals surface area (Å²) in [6.07, 6.45) is -0.0980. The first kappa shape index (κ1) is 12.5. The maximum Gasteiger partial charge on any atom is 0.349 e. The molecule has 0 amide bonds. The third-order valence-electron chi connectivity index (χ3n) is 2.53. The Kier molecular flexibility index (Phi) is 2.96. The number of nitrogens with one attached hydrogen (secondary N) is 1. The highest BCUT2D eigenvalue weighted by Gasteiger charge is 2.77. The third-order valence-corrected chi connectivity index (χ3v) is 2.53. The number of carbonyl (C=O) groups is 1. The van der Waals surface area contributed by atoms with Gasteiger partial charge in [-0.25, -0.2) is 10.1 Å². The lowest BCUT2D eigenvalue weighted by Crippen LogP contribution is -2.51. The first-order valence-corrected chi connectivity index (χ1v) is 5.32. The molecule has 2 saturated heterocycles. The Morgan fingerprint density at radius 2 is 2.00 bits per heavy atom. The average molecular weight is 245 g/mol. The quantitative estimate of drug-likeness (QED) is 0.242. The van der Waals surface area contributed by atoms with Crippen LogP contribution >= 0.6 is 0 Å². The molecular formula is C10H15NO6. The second-order valence-corrected chi connectivity index (χ2v) is 4.03. The minimum Gasteiger partial charge on any atom is -0.443 e. The van der Waals surface area contributed by atoms with Gasteiger partial charge in [-0.1, -0.05) is 13.5 Å². The SMILES string of the molecule is C=C(C)C(=O)OC(C)NC1(C2(CC)OO2)OO1. The number of carbonyl (C=O) groups excluding carboxylic acids is 1. The summed E-state index contributed by atoms with van der Waals surface area (Å²) in [4.78, 5) is 30.7. The molecular weight excluding hydrogens is 230 g/mol. The topological polar surface area (TPSA) is 88.5 Å². The second kappa shape index (κ2) is 4.04. The van der Waals surface area contributed by atoms with E-state index in [9.17, 15) is 4.79 Å². The summed E-state index contributed by atoms with van der Waals surface area (Å²) in [5.74, 6) is -2.66. The van der Waals surface area contributed by atoms with Crippen molar-refractivity contribution in [2.45, 2.75) is 45.1 Å². The molecule has 2 fully saturated rings. The lowest BCUT2D eigenvalue weighted by Gasteiger charge is -2.18. The zero-order valence-electron chi connectivity index (χ0n) is 9.94. The summed E-state index contributed by atoms with van der Waals surface area (Å²) in [5.41, 5.74) is 0.314. The van der Waals surface area contributed by atoms with Gasteiger partial charge in [-0.05, 0) is 13.8 Å². The molecule has 0 aromatic carbocycles. The van der Waals surface area contributed by atoms with Crippen LogP contribution in [-0.4, -0.2) is 23.9 Å². The van der Waals surface area contributed by atoms with Gasteiger partial charge in [0.15, 0.2) is 6.23 Å². The van der Waals surface area contributed by atoms with Crippen molar-refractivity contribution in [3.63, 3.8) is 0 Å². The van der Waals surface area contributed by atoms with Crippen LogP contribution < -0.4 is 5.32 Å². The Hall–Kier alpha value is -0.990. The lowest BCUT2D eigenvalue weighted by atomic mass is 10.2. The van der Waals surface area contributed by atoms with Gasteiger partial charge in [0.1, 0.15) is 0 Å². The molecule has 0 radical (unpaired) electrons. The van der Waals surface area contributed by atoms with E-state index in [1.54, 1.807) is 13.8 Å². The van der Waals surface area contributed by atoms with Gasteiger partial charge in [-0.3, -0.25) is 0 Å². The molecule has 2 rings (SSSR count). The molecule has 0 bridgehead atoms. The van der Waals surface area contributed by atoms with E-state index in [2.05, 4.69) is 11.9 Å². The molecule has 0 spiro atoms. The van der Waals surface area contributed by atoms with Crippen LogP contribution in [0.15, 0.2) is 12.2 Å². The van der Waals surface area contributed by atoms with Crippen LogP contribution in [-0.2, 0) is 29.1 Å². The Bertz CT molecular complexity index is 347. The predicted molar refractivity (Wildman–Crippen MR) is 53.6 cm³/mol. The fraction of sp³-hybridized carbons (Fsp3) is 0.700. The number of hydrogen-bond acceptors (Lipinski definition) is 7. The molecule has 96 valence electrons. The van der Waals surface area contributed by atoms with E-state index < -0.39 is 23.9 Å². The maximum absolute atomic E-state index is 11.3. The van der Waals surface area contributed by atoms with E-state index >= 15 is 0 Å². The maximum atomic E-state index is 11.3. The summed E-state index contributed by atoms with van der Waals surface area (Å²) in [5, 5.41) is 2.83. The van der Waals surface area contributed by atoms with Crippen LogP contribution in [0, 0.1) is 0 Å². The molecule has 7 heteroatoms. The molecule has 1 atom stereocenters. The summed E-state index contributed by atoms with van der Waals surface area (Å²) in [7, 11) is 0. The Labute approximate surface area is 98.5 Å². The Morgan fingerprint density at radius 3 is 2.35 bits per heavy atom. The number of esters is 1. The molecule has 0 saturated carbocycles. The highest BCUT2D eigenvalue weighted by molar-refractivity contribution is 5.87. The van der Waals surface area contributed by atoms with Crippen molar-refractivity contribution in [2.24, 2.45) is 0 Å². The summed E-state index contributed by atoms with van der Waals surface area (Å²) in [6.45, 7) is 8.54. The molecule has 2 aliphatic heterocycles. The van der Waals surface area contributed by atoms with E-state index in [4.69, 9.17) is 24.3 Å². The van der Waals surface area contributed by atoms with Gasteiger partial charge >= 0.3 is 17.7 Å². The van der Waals surface area contributed by atoms with Crippen LogP contribution in [0.3, 0.4) is 0 Å². The van der Waals surface area contributed by atoms with E-state index in [0.717, 1.165) is 0 Å². The number of rotatable bonds is 6. The van der Waals surface area contributed by atoms with Gasteiger partial charge in [0, 0.05) is 12.0 Å². The zero-order valence-corrected chi connectivity index (χ0v) is 9.94. The molecule has 1 N–H and O–H groups in total. The minimum atomic E-state index is -1.20. The van der Waals surface area contributed by atoms with Gasteiger partial charge in [0.25, 0.3) is 0 Å². The third kappa shape index (κ3) is 2.20. The second-order valence-electron chi connectivity index (χ2n) is 4.03. The van der Waals surface area contributed by atoms with Crippen LogP contribution in [0.2, 0.25) is 0 Å². The van der Waals surface area contributed by atoms with Crippen molar-refractivity contribution in [2.75, 3.05) is 0 Å². The van der Waals surface area contributed by atoms with Gasteiger partial charge in [-0.15, -0.1) is 0 Å². The fourth-order valence-corrected chi connectivity index (χ4v) is 1.40. The largest absolute Gasteiger partial charge is 0.443 e. The number of ether oxygens (including phenoxy) is 1. The normalized spacial score (nSPS) is 24.9. The standard InChI is InChI=1S/C10H15NO6/c1-5-9(14-15-9)10(16-17-10)11-7(4)13-8(12)6(2)3/h7,11H,2,5H2,1,3-4H3. The van der Waals surface area contributed by atoms with E-state index in [1.165, 1.54) is 0 Å². The van der Waals surface area contributed by atoms with Crippen LogP contribution in [0.1, 0.15) is 27.2 Å². The van der Waals surface area contributed by atoms with Crippen molar-refractivity contribution in [1.29, 1.82) is 0 Å². The minimum absolute atomic E-state index is 0.314. The highest BCUT2D eigenvalue weighted by atomic mass is 17.5. The van der Waals surface area contributed by atoms with Gasteiger partial charge < -0.3 is 4.74 Å². The molecule has 17 heavy (non-hydrogen) atoms. The fourth-order valence-electron chi connectivity index (χ4n) is 1.40.